The number of aromatic carboxylic acids is 1. The first-order valence-electron chi connectivity index (χ1n) is 11.3. The summed E-state index contributed by atoms with van der Waals surface area (Å²) in [6, 6.07) is 21.1. The molecule has 4 rings (SSSR count). The molecule has 37 heavy (non-hydrogen) atoms. The lowest BCUT2D eigenvalue weighted by molar-refractivity contribution is -0.124. The number of aromatic nitrogens is 4. The van der Waals surface area contributed by atoms with Crippen LogP contribution in [0.3, 0.4) is 0 Å². The van der Waals surface area contributed by atoms with Crippen LogP contribution in [0.2, 0.25) is 5.02 Å². The second kappa shape index (κ2) is 11.9. The minimum atomic E-state index is -1.15. The Balaban J connectivity index is 1.57. The first kappa shape index (κ1) is 25.5. The van der Waals surface area contributed by atoms with E-state index in [0.717, 1.165) is 11.1 Å². The number of carboxylic acids is 1. The number of halogens is 1. The standard InChI is InChI=1S/C26H23ClN6O4/c27-21-11-4-8-18(12-21)14-23(33-16-28-31-32-33)30-25(35)22(13-17-6-2-1-3-7-17)29-24(34)19-9-5-10-20(15-19)26(36)37/h1-12,15-16,22-23H,13-14H2,(H,29,34)(H,30,35)(H,36,37). The molecule has 1 aromatic heterocycles. The van der Waals surface area contributed by atoms with Gasteiger partial charge in [-0.05, 0) is 51.9 Å². The van der Waals surface area contributed by atoms with E-state index < -0.39 is 30.0 Å². The Morgan fingerprint density at radius 3 is 2.30 bits per heavy atom. The Labute approximate surface area is 217 Å². The highest BCUT2D eigenvalue weighted by Crippen LogP contribution is 2.16. The highest BCUT2D eigenvalue weighted by Gasteiger charge is 2.26. The lowest BCUT2D eigenvalue weighted by Crippen LogP contribution is -2.50. The molecular weight excluding hydrogens is 496 g/mol. The van der Waals surface area contributed by atoms with Gasteiger partial charge in [-0.25, -0.2) is 9.48 Å². The van der Waals surface area contributed by atoms with E-state index in [4.69, 9.17) is 11.6 Å². The van der Waals surface area contributed by atoms with Gasteiger partial charge in [0.15, 0.2) is 0 Å². The zero-order valence-electron chi connectivity index (χ0n) is 19.5. The molecule has 0 spiro atoms. The quantitative estimate of drug-likeness (QED) is 0.293. The van der Waals surface area contributed by atoms with Crippen molar-refractivity contribution in [2.45, 2.75) is 25.0 Å². The van der Waals surface area contributed by atoms with Crippen molar-refractivity contribution < 1.29 is 19.5 Å². The van der Waals surface area contributed by atoms with Crippen LogP contribution in [0.4, 0.5) is 0 Å². The summed E-state index contributed by atoms with van der Waals surface area (Å²) in [6.07, 6.45) is 1.27. The molecule has 0 saturated heterocycles. The number of rotatable bonds is 10. The van der Waals surface area contributed by atoms with Crippen molar-refractivity contribution >= 4 is 29.4 Å². The van der Waals surface area contributed by atoms with Crippen LogP contribution in [0.5, 0.6) is 0 Å². The van der Waals surface area contributed by atoms with Crippen LogP contribution in [0.25, 0.3) is 0 Å². The van der Waals surface area contributed by atoms with E-state index in [2.05, 4.69) is 26.2 Å². The van der Waals surface area contributed by atoms with Gasteiger partial charge < -0.3 is 15.7 Å². The van der Waals surface area contributed by atoms with E-state index in [1.807, 2.05) is 36.4 Å². The van der Waals surface area contributed by atoms with Gasteiger partial charge in [0, 0.05) is 23.4 Å². The second-order valence-corrected chi connectivity index (χ2v) is 8.69. The van der Waals surface area contributed by atoms with Crippen molar-refractivity contribution in [3.8, 4) is 0 Å². The minimum Gasteiger partial charge on any atom is -0.478 e. The smallest absolute Gasteiger partial charge is 0.335 e. The Kier molecular flexibility index (Phi) is 8.22. The van der Waals surface area contributed by atoms with Crippen LogP contribution in [0.1, 0.15) is 38.0 Å². The van der Waals surface area contributed by atoms with Gasteiger partial charge in [-0.3, -0.25) is 9.59 Å². The molecule has 11 heteroatoms. The van der Waals surface area contributed by atoms with Gasteiger partial charge in [-0.15, -0.1) is 5.10 Å². The normalized spacial score (nSPS) is 12.4. The SMILES string of the molecule is O=C(O)c1cccc(C(=O)NC(Cc2ccccc2)C(=O)NC(Cc2cccc(Cl)c2)n2cnnn2)c1. The molecule has 0 fully saturated rings. The third-order valence-electron chi connectivity index (χ3n) is 5.59. The minimum absolute atomic E-state index is 0.0306. The number of hydrogen-bond donors (Lipinski definition) is 3. The summed E-state index contributed by atoms with van der Waals surface area (Å²) in [5.74, 6) is -2.19. The Hall–Kier alpha value is -4.57. The highest BCUT2D eigenvalue weighted by molar-refractivity contribution is 6.30. The third kappa shape index (κ3) is 6.98. The number of nitrogens with zero attached hydrogens (tertiary/aromatic N) is 4. The largest absolute Gasteiger partial charge is 0.478 e. The van der Waals surface area contributed by atoms with Crippen LogP contribution in [0.15, 0.2) is 85.2 Å². The molecule has 3 aromatic carbocycles. The highest BCUT2D eigenvalue weighted by atomic mass is 35.5. The second-order valence-electron chi connectivity index (χ2n) is 8.25. The number of nitrogens with one attached hydrogen (secondary N) is 2. The maximum atomic E-state index is 13.5. The van der Waals surface area contributed by atoms with Crippen molar-refractivity contribution in [3.05, 3.63) is 112 Å². The fraction of sp³-hybridized carbons (Fsp3) is 0.154. The van der Waals surface area contributed by atoms with Gasteiger partial charge in [0.05, 0.1) is 5.56 Å². The van der Waals surface area contributed by atoms with E-state index in [1.54, 1.807) is 18.2 Å². The number of carbonyl (C=O) groups excluding carboxylic acids is 2. The zero-order valence-corrected chi connectivity index (χ0v) is 20.2. The summed E-state index contributed by atoms with van der Waals surface area (Å²) < 4.78 is 1.41. The molecule has 2 atom stereocenters. The molecule has 2 unspecified atom stereocenters. The molecule has 0 bridgehead atoms. The molecule has 188 valence electrons. The van der Waals surface area contributed by atoms with Gasteiger partial charge in [-0.1, -0.05) is 60.1 Å². The Morgan fingerprint density at radius 1 is 0.865 bits per heavy atom. The number of carbonyl (C=O) groups is 3. The summed E-state index contributed by atoms with van der Waals surface area (Å²) in [5, 5.41) is 26.8. The predicted octanol–water partition coefficient (Wildman–Crippen LogP) is 2.92. The van der Waals surface area contributed by atoms with Crippen LogP contribution >= 0.6 is 11.6 Å². The monoisotopic (exact) mass is 518 g/mol. The lowest BCUT2D eigenvalue weighted by atomic mass is 10.0. The molecule has 0 aliphatic rings. The average Bonchev–Trinajstić information content (AvgIpc) is 3.44. The van der Waals surface area contributed by atoms with Crippen LogP contribution in [-0.2, 0) is 17.6 Å². The molecule has 10 nitrogen and oxygen atoms in total. The summed E-state index contributed by atoms with van der Waals surface area (Å²) >= 11 is 6.13. The topological polar surface area (TPSA) is 139 Å². The fourth-order valence-electron chi connectivity index (χ4n) is 3.77. The molecule has 3 N–H and O–H groups in total. The number of carboxylic acid groups (broad SMARTS) is 1. The van der Waals surface area contributed by atoms with Crippen LogP contribution in [-0.4, -0.2) is 49.1 Å². The van der Waals surface area contributed by atoms with E-state index in [0.29, 0.717) is 11.4 Å². The third-order valence-corrected chi connectivity index (χ3v) is 5.82. The molecule has 4 aromatic rings. The fourth-order valence-corrected chi connectivity index (χ4v) is 3.98. The summed E-state index contributed by atoms with van der Waals surface area (Å²) in [6.45, 7) is 0. The molecule has 0 aliphatic carbocycles. The van der Waals surface area contributed by atoms with E-state index in [-0.39, 0.29) is 17.5 Å². The van der Waals surface area contributed by atoms with E-state index >= 15 is 0 Å². The van der Waals surface area contributed by atoms with Crippen molar-refractivity contribution in [2.75, 3.05) is 0 Å². The summed E-state index contributed by atoms with van der Waals surface area (Å²) in [5.41, 5.74) is 1.78. The van der Waals surface area contributed by atoms with Gasteiger partial charge in [0.25, 0.3) is 5.91 Å². The molecule has 0 radical (unpaired) electrons. The number of amides is 2. The summed E-state index contributed by atoms with van der Waals surface area (Å²) in [7, 11) is 0. The Bertz CT molecular complexity index is 1380. The molecule has 2 amide bonds. The molecule has 1 heterocycles. The van der Waals surface area contributed by atoms with Crippen molar-refractivity contribution in [3.63, 3.8) is 0 Å². The summed E-state index contributed by atoms with van der Waals surface area (Å²) in [4.78, 5) is 37.9. The number of hydrogen-bond acceptors (Lipinski definition) is 6. The number of benzene rings is 3. The predicted molar refractivity (Wildman–Crippen MR) is 135 cm³/mol. The number of tetrazole rings is 1. The molecule has 0 saturated carbocycles. The van der Waals surface area contributed by atoms with Gasteiger partial charge >= 0.3 is 5.97 Å². The zero-order chi connectivity index (χ0) is 26.2. The van der Waals surface area contributed by atoms with E-state index in [9.17, 15) is 19.5 Å². The first-order valence-corrected chi connectivity index (χ1v) is 11.7. The molecule has 0 aliphatic heterocycles. The van der Waals surface area contributed by atoms with Gasteiger partial charge in [0.2, 0.25) is 5.91 Å². The molecular formula is C26H23ClN6O4. The van der Waals surface area contributed by atoms with Gasteiger partial charge in [0.1, 0.15) is 18.5 Å². The van der Waals surface area contributed by atoms with Crippen molar-refractivity contribution in [2.24, 2.45) is 0 Å². The lowest BCUT2D eigenvalue weighted by Gasteiger charge is -2.23. The first-order chi connectivity index (χ1) is 17.9. The maximum Gasteiger partial charge on any atom is 0.335 e. The van der Waals surface area contributed by atoms with Crippen molar-refractivity contribution in [1.82, 2.24) is 30.8 Å². The Morgan fingerprint density at radius 2 is 1.59 bits per heavy atom. The van der Waals surface area contributed by atoms with Gasteiger partial charge in [-0.2, -0.15) is 0 Å². The van der Waals surface area contributed by atoms with Crippen molar-refractivity contribution in [1.29, 1.82) is 0 Å². The van der Waals surface area contributed by atoms with Crippen LogP contribution in [0, 0.1) is 0 Å². The van der Waals surface area contributed by atoms with E-state index in [1.165, 1.54) is 35.3 Å². The van der Waals surface area contributed by atoms with Crippen LogP contribution < -0.4 is 10.6 Å². The average molecular weight is 519 g/mol. The maximum absolute atomic E-state index is 13.5.